The van der Waals surface area contributed by atoms with Crippen molar-refractivity contribution in [2.75, 3.05) is 0 Å². The van der Waals surface area contributed by atoms with Gasteiger partial charge < -0.3 is 0 Å². The van der Waals surface area contributed by atoms with Gasteiger partial charge in [-0.1, -0.05) is 55.5 Å². The van der Waals surface area contributed by atoms with Crippen molar-refractivity contribution >= 4 is 0 Å². The standard InChI is InChI=1S/C21H17F3/c1-3-14-5-7-15(8-6-14)17-11-9-16(12-19(17)22)18-10-4-13(2)20(23)21(18)24/h4-12H,3H2,1-2H3. The van der Waals surface area contributed by atoms with Gasteiger partial charge in [0.1, 0.15) is 5.82 Å². The van der Waals surface area contributed by atoms with E-state index in [2.05, 4.69) is 6.92 Å². The third-order valence-corrected chi connectivity index (χ3v) is 4.23. The molecule has 3 aromatic rings. The number of rotatable bonds is 3. The number of hydrogen-bond donors (Lipinski definition) is 0. The Balaban J connectivity index is 2.02. The molecule has 0 amide bonds. The maximum atomic E-state index is 14.5. The van der Waals surface area contributed by atoms with Crippen LogP contribution in [0, 0.1) is 24.4 Å². The molecule has 0 heterocycles. The summed E-state index contributed by atoms with van der Waals surface area (Å²) in [6, 6.07) is 15.1. The third-order valence-electron chi connectivity index (χ3n) is 4.23. The molecule has 0 fully saturated rings. The maximum absolute atomic E-state index is 14.5. The molecule has 0 nitrogen and oxygen atoms in total. The number of aryl methyl sites for hydroxylation is 2. The van der Waals surface area contributed by atoms with Crippen LogP contribution in [-0.4, -0.2) is 0 Å². The first kappa shape index (κ1) is 16.3. The van der Waals surface area contributed by atoms with Crippen molar-refractivity contribution < 1.29 is 13.2 Å². The van der Waals surface area contributed by atoms with Gasteiger partial charge in [0.25, 0.3) is 0 Å². The Labute approximate surface area is 139 Å². The zero-order chi connectivity index (χ0) is 17.3. The minimum Gasteiger partial charge on any atom is -0.206 e. The second-order valence-corrected chi connectivity index (χ2v) is 5.80. The van der Waals surface area contributed by atoms with E-state index in [1.54, 1.807) is 12.1 Å². The fraction of sp³-hybridized carbons (Fsp3) is 0.143. The Hall–Kier alpha value is -2.55. The third kappa shape index (κ3) is 2.94. The minimum absolute atomic E-state index is 0.0601. The highest BCUT2D eigenvalue weighted by Crippen LogP contribution is 2.31. The molecule has 0 unspecified atom stereocenters. The predicted octanol–water partition coefficient (Wildman–Crippen LogP) is 6.31. The average molecular weight is 326 g/mol. The summed E-state index contributed by atoms with van der Waals surface area (Å²) in [7, 11) is 0. The van der Waals surface area contributed by atoms with Crippen LogP contribution < -0.4 is 0 Å². The second-order valence-electron chi connectivity index (χ2n) is 5.80. The fourth-order valence-corrected chi connectivity index (χ4v) is 2.71. The molecule has 24 heavy (non-hydrogen) atoms. The highest BCUT2D eigenvalue weighted by Gasteiger charge is 2.14. The summed E-state index contributed by atoms with van der Waals surface area (Å²) in [5.41, 5.74) is 2.97. The van der Waals surface area contributed by atoms with Gasteiger partial charge in [0.2, 0.25) is 0 Å². The van der Waals surface area contributed by atoms with Gasteiger partial charge >= 0.3 is 0 Å². The van der Waals surface area contributed by atoms with E-state index in [1.807, 2.05) is 24.3 Å². The lowest BCUT2D eigenvalue weighted by molar-refractivity contribution is 0.505. The topological polar surface area (TPSA) is 0 Å². The van der Waals surface area contributed by atoms with Gasteiger partial charge in [0, 0.05) is 11.1 Å². The van der Waals surface area contributed by atoms with Crippen LogP contribution in [0.3, 0.4) is 0 Å². The summed E-state index contributed by atoms with van der Waals surface area (Å²) in [6.07, 6.45) is 0.917. The Kier molecular flexibility index (Phi) is 4.43. The van der Waals surface area contributed by atoms with Crippen LogP contribution in [0.1, 0.15) is 18.1 Å². The number of halogens is 3. The van der Waals surface area contributed by atoms with Crippen LogP contribution in [0.25, 0.3) is 22.3 Å². The normalized spacial score (nSPS) is 10.9. The summed E-state index contributed by atoms with van der Waals surface area (Å²) < 4.78 is 42.3. The van der Waals surface area contributed by atoms with Crippen molar-refractivity contribution in [1.82, 2.24) is 0 Å². The molecule has 0 aliphatic heterocycles. The van der Waals surface area contributed by atoms with Crippen molar-refractivity contribution in [3.63, 3.8) is 0 Å². The summed E-state index contributed by atoms with van der Waals surface area (Å²) >= 11 is 0. The van der Waals surface area contributed by atoms with E-state index < -0.39 is 17.5 Å². The predicted molar refractivity (Wildman–Crippen MR) is 91.3 cm³/mol. The molecule has 0 aromatic heterocycles. The van der Waals surface area contributed by atoms with Crippen molar-refractivity contribution in [2.24, 2.45) is 0 Å². The van der Waals surface area contributed by atoms with Gasteiger partial charge in [-0.3, -0.25) is 0 Å². The molecule has 0 atom stereocenters. The summed E-state index contributed by atoms with van der Waals surface area (Å²) in [4.78, 5) is 0. The molecule has 0 aliphatic carbocycles. The molecule has 0 saturated heterocycles. The van der Waals surface area contributed by atoms with Crippen molar-refractivity contribution in [3.8, 4) is 22.3 Å². The van der Waals surface area contributed by atoms with Crippen molar-refractivity contribution in [2.45, 2.75) is 20.3 Å². The molecule has 0 spiro atoms. The molecule has 0 radical (unpaired) electrons. The number of hydrogen-bond acceptors (Lipinski definition) is 0. The largest absolute Gasteiger partial charge is 0.206 e. The number of benzene rings is 3. The second kappa shape index (κ2) is 6.52. The van der Waals surface area contributed by atoms with Crippen LogP contribution in [-0.2, 0) is 6.42 Å². The summed E-state index contributed by atoms with van der Waals surface area (Å²) in [6.45, 7) is 3.55. The van der Waals surface area contributed by atoms with Crippen molar-refractivity contribution in [3.05, 3.63) is 83.2 Å². The first-order valence-electron chi connectivity index (χ1n) is 7.85. The lowest BCUT2D eigenvalue weighted by Gasteiger charge is -2.09. The summed E-state index contributed by atoms with van der Waals surface area (Å²) in [5, 5.41) is 0. The Bertz CT molecular complexity index is 880. The Morgan fingerprint density at radius 3 is 1.96 bits per heavy atom. The first-order chi connectivity index (χ1) is 11.5. The quantitative estimate of drug-likeness (QED) is 0.529. The van der Waals surface area contributed by atoms with E-state index >= 15 is 0 Å². The van der Waals surface area contributed by atoms with E-state index in [1.165, 1.54) is 30.7 Å². The van der Waals surface area contributed by atoms with Gasteiger partial charge in [-0.15, -0.1) is 0 Å². The molecule has 0 saturated carbocycles. The van der Waals surface area contributed by atoms with Crippen LogP contribution in [0.5, 0.6) is 0 Å². The van der Waals surface area contributed by atoms with Gasteiger partial charge in [-0.25, -0.2) is 13.2 Å². The fourth-order valence-electron chi connectivity index (χ4n) is 2.71. The highest BCUT2D eigenvalue weighted by atomic mass is 19.2. The van der Waals surface area contributed by atoms with E-state index in [9.17, 15) is 13.2 Å². The lowest BCUT2D eigenvalue weighted by atomic mass is 9.97. The SMILES string of the molecule is CCc1ccc(-c2ccc(-c3ccc(C)c(F)c3F)cc2F)cc1. The smallest absolute Gasteiger partial charge is 0.166 e. The van der Waals surface area contributed by atoms with Gasteiger partial charge in [0.05, 0.1) is 0 Å². The molecular weight excluding hydrogens is 309 g/mol. The van der Waals surface area contributed by atoms with Crippen LogP contribution in [0.2, 0.25) is 0 Å². The van der Waals surface area contributed by atoms with Gasteiger partial charge in [-0.05, 0) is 41.7 Å². The van der Waals surface area contributed by atoms with E-state index in [0.717, 1.165) is 12.0 Å². The molecule has 0 N–H and O–H groups in total. The lowest BCUT2D eigenvalue weighted by Crippen LogP contribution is -1.94. The van der Waals surface area contributed by atoms with E-state index in [-0.39, 0.29) is 11.1 Å². The molecule has 3 aromatic carbocycles. The minimum atomic E-state index is -0.950. The summed E-state index contributed by atoms with van der Waals surface area (Å²) in [5.74, 6) is -2.31. The molecule has 3 rings (SSSR count). The monoisotopic (exact) mass is 326 g/mol. The Morgan fingerprint density at radius 2 is 1.33 bits per heavy atom. The molecule has 3 heteroatoms. The average Bonchev–Trinajstić information content (AvgIpc) is 2.60. The van der Waals surface area contributed by atoms with Crippen LogP contribution in [0.15, 0.2) is 54.6 Å². The molecule has 0 aliphatic rings. The molecular formula is C21H17F3. The van der Waals surface area contributed by atoms with Gasteiger partial charge in [-0.2, -0.15) is 0 Å². The Morgan fingerprint density at radius 1 is 0.708 bits per heavy atom. The molecule has 122 valence electrons. The molecule has 0 bridgehead atoms. The van der Waals surface area contributed by atoms with Crippen LogP contribution in [0.4, 0.5) is 13.2 Å². The zero-order valence-electron chi connectivity index (χ0n) is 13.5. The highest BCUT2D eigenvalue weighted by molar-refractivity contribution is 5.71. The van der Waals surface area contributed by atoms with Gasteiger partial charge in [0.15, 0.2) is 11.6 Å². The van der Waals surface area contributed by atoms with E-state index in [4.69, 9.17) is 0 Å². The van der Waals surface area contributed by atoms with Crippen molar-refractivity contribution in [1.29, 1.82) is 0 Å². The first-order valence-corrected chi connectivity index (χ1v) is 7.85. The van der Waals surface area contributed by atoms with E-state index in [0.29, 0.717) is 11.1 Å². The zero-order valence-corrected chi connectivity index (χ0v) is 13.5. The maximum Gasteiger partial charge on any atom is 0.166 e. The van der Waals surface area contributed by atoms with Crippen LogP contribution >= 0.6 is 0 Å².